The van der Waals surface area contributed by atoms with Gasteiger partial charge in [0, 0.05) is 41.9 Å². The first-order valence-corrected chi connectivity index (χ1v) is 17.3. The SMILES string of the molecule is CCc1nc2ccc(F)cc2n1-c1cc(N)nc(Nc2ccc(Cl)c(F)c2)n1.Cc1nc2ccc(F)cc2n1C1=CC(N)=NC(N)(c2ccc(Cl)c(F)c2)N1. The summed E-state index contributed by atoms with van der Waals surface area (Å²) in [5, 5.41) is 5.93. The van der Waals surface area contributed by atoms with Gasteiger partial charge in [0.1, 0.15) is 58.2 Å². The molecule has 4 aromatic carbocycles. The molecule has 0 bridgehead atoms. The Kier molecular flexibility index (Phi) is 9.81. The summed E-state index contributed by atoms with van der Waals surface area (Å²) in [5.74, 6) is -0.878. The highest BCUT2D eigenvalue weighted by atomic mass is 35.5. The second-order valence-electron chi connectivity index (χ2n) is 12.3. The fraction of sp³-hybridized carbons (Fsp3) is 0.108. The minimum atomic E-state index is -1.53. The molecule has 0 saturated heterocycles. The Morgan fingerprint density at radius 3 is 2.05 bits per heavy atom. The Balaban J connectivity index is 0.000000169. The Morgan fingerprint density at radius 1 is 0.764 bits per heavy atom. The van der Waals surface area contributed by atoms with Crippen molar-refractivity contribution in [2.75, 3.05) is 11.1 Å². The highest BCUT2D eigenvalue weighted by molar-refractivity contribution is 6.31. The summed E-state index contributed by atoms with van der Waals surface area (Å²) in [6.45, 7) is 3.71. The van der Waals surface area contributed by atoms with Crippen LogP contribution in [-0.4, -0.2) is 34.9 Å². The first-order chi connectivity index (χ1) is 26.2. The third-order valence-electron chi connectivity index (χ3n) is 8.43. The Morgan fingerprint density at radius 2 is 1.40 bits per heavy atom. The highest BCUT2D eigenvalue weighted by Crippen LogP contribution is 2.30. The van der Waals surface area contributed by atoms with E-state index in [2.05, 4.69) is 35.6 Å². The second-order valence-corrected chi connectivity index (χ2v) is 13.1. The molecule has 8 rings (SSSR count). The standard InChI is InChI=1S/C19H15ClF2N6.C18H15ClF2N6/c1-2-17-25-14-6-3-10(21)7-15(14)28(17)18-9-16(23)26-19(27-18)24-11-4-5-12(20)13(22)8-11;1-9-24-14-5-3-11(20)7-15(14)27(9)17-8-16(22)25-18(23,26-17)10-2-4-12(19)13(21)6-10/h3-9H,2H2,1H3,(H3,23,24,26,27);2-8,26H,23H2,1H3,(H2,22,25). The Hall–Kier alpha value is -6.23. The monoisotopic (exact) mass is 788 g/mol. The summed E-state index contributed by atoms with van der Waals surface area (Å²) in [4.78, 5) is 21.7. The summed E-state index contributed by atoms with van der Waals surface area (Å²) in [7, 11) is 0. The lowest BCUT2D eigenvalue weighted by molar-refractivity contribution is 0.408. The van der Waals surface area contributed by atoms with E-state index >= 15 is 0 Å². The number of nitrogen functional groups attached to an aromatic ring is 1. The molecule has 0 radical (unpaired) electrons. The first kappa shape index (κ1) is 37.1. The molecule has 1 aliphatic rings. The molecule has 3 aromatic heterocycles. The normalized spacial score (nSPS) is 15.3. The number of aromatic nitrogens is 6. The number of nitrogens with one attached hydrogen (secondary N) is 2. The molecule has 1 aliphatic heterocycles. The number of benzene rings is 4. The van der Waals surface area contributed by atoms with Gasteiger partial charge in [-0.2, -0.15) is 9.97 Å². The summed E-state index contributed by atoms with van der Waals surface area (Å²) < 4.78 is 58.6. The van der Waals surface area contributed by atoms with Crippen molar-refractivity contribution in [1.82, 2.24) is 34.4 Å². The number of anilines is 3. The maximum absolute atomic E-state index is 13.9. The molecule has 0 saturated carbocycles. The minimum Gasteiger partial charge on any atom is -0.384 e. The molecule has 0 aliphatic carbocycles. The molecule has 4 heterocycles. The average Bonchev–Trinajstić information content (AvgIpc) is 3.66. The fourth-order valence-corrected chi connectivity index (χ4v) is 6.25. The van der Waals surface area contributed by atoms with Crippen LogP contribution in [0, 0.1) is 30.2 Å². The fourth-order valence-electron chi connectivity index (χ4n) is 6.02. The average molecular weight is 790 g/mol. The van der Waals surface area contributed by atoms with Crippen molar-refractivity contribution < 1.29 is 17.6 Å². The van der Waals surface area contributed by atoms with Crippen LogP contribution in [0.15, 0.2) is 89.9 Å². The van der Waals surface area contributed by atoms with Gasteiger partial charge in [-0.25, -0.2) is 32.5 Å². The number of nitrogens with zero attached hydrogens (tertiary/aromatic N) is 7. The van der Waals surface area contributed by atoms with Crippen LogP contribution in [0.3, 0.4) is 0 Å². The zero-order chi connectivity index (χ0) is 39.2. The van der Waals surface area contributed by atoms with Crippen molar-refractivity contribution >= 4 is 74.4 Å². The van der Waals surface area contributed by atoms with Crippen LogP contribution < -0.4 is 27.8 Å². The second kappa shape index (κ2) is 14.5. The number of nitrogens with two attached hydrogens (primary N) is 3. The lowest BCUT2D eigenvalue weighted by atomic mass is 10.1. The van der Waals surface area contributed by atoms with Crippen molar-refractivity contribution in [3.63, 3.8) is 0 Å². The molecule has 12 nitrogen and oxygen atoms in total. The van der Waals surface area contributed by atoms with Gasteiger partial charge in [-0.1, -0.05) is 36.2 Å². The van der Waals surface area contributed by atoms with Crippen LogP contribution in [0.2, 0.25) is 10.0 Å². The van der Waals surface area contributed by atoms with Crippen LogP contribution >= 0.6 is 23.2 Å². The number of aliphatic imine (C=N–C) groups is 1. The van der Waals surface area contributed by atoms with Gasteiger partial charge in [0.25, 0.3) is 0 Å². The number of hydrogen-bond donors (Lipinski definition) is 5. The molecule has 7 aromatic rings. The molecule has 1 unspecified atom stereocenters. The van der Waals surface area contributed by atoms with E-state index < -0.39 is 23.2 Å². The summed E-state index contributed by atoms with van der Waals surface area (Å²) >= 11 is 11.5. The topological polar surface area (TPSA) is 176 Å². The maximum atomic E-state index is 13.9. The molecule has 280 valence electrons. The van der Waals surface area contributed by atoms with Crippen LogP contribution in [0.1, 0.15) is 24.1 Å². The van der Waals surface area contributed by atoms with Crippen LogP contribution in [0.4, 0.5) is 35.0 Å². The highest BCUT2D eigenvalue weighted by Gasteiger charge is 2.33. The number of hydrogen-bond acceptors (Lipinski definition) is 10. The lowest BCUT2D eigenvalue weighted by Crippen LogP contribution is -2.52. The van der Waals surface area contributed by atoms with Gasteiger partial charge in [0.05, 0.1) is 32.1 Å². The predicted molar refractivity (Wildman–Crippen MR) is 206 cm³/mol. The van der Waals surface area contributed by atoms with E-state index in [4.69, 9.17) is 40.4 Å². The quantitative estimate of drug-likeness (QED) is 0.107. The summed E-state index contributed by atoms with van der Waals surface area (Å²) in [6.07, 6.45) is 2.15. The number of aryl methyl sites for hydroxylation is 2. The number of rotatable bonds is 6. The van der Waals surface area contributed by atoms with E-state index in [0.29, 0.717) is 63.0 Å². The number of fused-ring (bicyclic) bond motifs is 2. The molecule has 0 amide bonds. The molecule has 0 fully saturated rings. The largest absolute Gasteiger partial charge is 0.384 e. The van der Waals surface area contributed by atoms with Crippen LogP contribution in [0.5, 0.6) is 0 Å². The zero-order valence-corrected chi connectivity index (χ0v) is 30.4. The van der Waals surface area contributed by atoms with Gasteiger partial charge in [-0.3, -0.25) is 14.9 Å². The summed E-state index contributed by atoms with van der Waals surface area (Å²) in [6, 6.07) is 18.6. The molecule has 1 atom stereocenters. The van der Waals surface area contributed by atoms with E-state index in [0.717, 1.165) is 0 Å². The number of halogens is 6. The smallest absolute Gasteiger partial charge is 0.231 e. The van der Waals surface area contributed by atoms with E-state index in [1.54, 1.807) is 52.5 Å². The van der Waals surface area contributed by atoms with Gasteiger partial charge >= 0.3 is 0 Å². The predicted octanol–water partition coefficient (Wildman–Crippen LogP) is 7.44. The third kappa shape index (κ3) is 7.47. The molecular weight excluding hydrogens is 759 g/mol. The number of amidine groups is 1. The third-order valence-corrected chi connectivity index (χ3v) is 9.05. The van der Waals surface area contributed by atoms with Crippen molar-refractivity contribution in [1.29, 1.82) is 0 Å². The molecular formula is C37H30Cl2F4N12. The van der Waals surface area contributed by atoms with Crippen LogP contribution in [0.25, 0.3) is 33.7 Å². The van der Waals surface area contributed by atoms with E-state index in [9.17, 15) is 17.6 Å². The van der Waals surface area contributed by atoms with E-state index in [1.165, 1.54) is 48.5 Å². The van der Waals surface area contributed by atoms with Crippen molar-refractivity contribution in [2.45, 2.75) is 26.1 Å². The molecule has 0 spiro atoms. The first-order valence-electron chi connectivity index (χ1n) is 16.5. The van der Waals surface area contributed by atoms with E-state index in [-0.39, 0.29) is 33.5 Å². The van der Waals surface area contributed by atoms with Crippen molar-refractivity contribution in [3.8, 4) is 5.82 Å². The Bertz CT molecular complexity index is 2690. The number of imidazole rings is 2. The lowest BCUT2D eigenvalue weighted by Gasteiger charge is -2.33. The minimum absolute atomic E-state index is 0.0132. The molecule has 55 heavy (non-hydrogen) atoms. The van der Waals surface area contributed by atoms with Gasteiger partial charge in [0.2, 0.25) is 11.7 Å². The van der Waals surface area contributed by atoms with Gasteiger partial charge in [0.15, 0.2) is 0 Å². The van der Waals surface area contributed by atoms with Crippen molar-refractivity contribution in [3.05, 3.63) is 135 Å². The van der Waals surface area contributed by atoms with Gasteiger partial charge < -0.3 is 22.1 Å². The maximum Gasteiger partial charge on any atom is 0.231 e. The summed E-state index contributed by atoms with van der Waals surface area (Å²) in [5.41, 5.74) is 21.4. The van der Waals surface area contributed by atoms with Crippen LogP contribution in [-0.2, 0) is 12.2 Å². The molecule has 18 heteroatoms. The van der Waals surface area contributed by atoms with E-state index in [1.807, 2.05) is 6.92 Å². The van der Waals surface area contributed by atoms with Gasteiger partial charge in [-0.15, -0.1) is 0 Å². The van der Waals surface area contributed by atoms with Crippen molar-refractivity contribution in [2.24, 2.45) is 16.5 Å². The zero-order valence-electron chi connectivity index (χ0n) is 28.9. The molecule has 8 N–H and O–H groups in total. The van der Waals surface area contributed by atoms with Gasteiger partial charge in [-0.05, 0) is 61.5 Å². The Labute approximate surface area is 320 Å².